The van der Waals surface area contributed by atoms with E-state index >= 15 is 0 Å². The first-order chi connectivity index (χ1) is 13.0. The number of phenols is 1. The highest BCUT2D eigenvalue weighted by Gasteiger charge is 2.13. The van der Waals surface area contributed by atoms with Gasteiger partial charge in [0.1, 0.15) is 11.5 Å². The topological polar surface area (TPSA) is 104 Å². The zero-order chi connectivity index (χ0) is 19.4. The molecule has 3 rings (SSSR count). The number of rotatable bonds is 6. The molecule has 0 saturated carbocycles. The van der Waals surface area contributed by atoms with Crippen molar-refractivity contribution in [3.8, 4) is 34.5 Å². The third-order valence-corrected chi connectivity index (χ3v) is 3.67. The Hall–Kier alpha value is -3.81. The number of nitrogens with zero attached hydrogens (tertiary/aromatic N) is 1. The predicted molar refractivity (Wildman–Crippen MR) is 94.7 cm³/mol. The standard InChI is InChI=1S/C19H15NO7/c1-24-17-8-12-13(9-18(17)25-2)20-6-5-15(12)26-11-3-4-16(14(22)7-11)27-19(23)10-21/h3-10,22H,1-2H3. The van der Waals surface area contributed by atoms with E-state index in [0.29, 0.717) is 33.9 Å². The summed E-state index contributed by atoms with van der Waals surface area (Å²) in [6, 6.07) is 9.18. The maximum atomic E-state index is 11.0. The summed E-state index contributed by atoms with van der Waals surface area (Å²) in [4.78, 5) is 25.6. The van der Waals surface area contributed by atoms with Crippen molar-refractivity contribution in [1.29, 1.82) is 0 Å². The van der Waals surface area contributed by atoms with E-state index in [0.717, 1.165) is 0 Å². The highest BCUT2D eigenvalue weighted by atomic mass is 16.5. The number of pyridine rings is 1. The first-order valence-electron chi connectivity index (χ1n) is 7.74. The van der Waals surface area contributed by atoms with E-state index in [1.165, 1.54) is 32.4 Å². The lowest BCUT2D eigenvalue weighted by molar-refractivity contribution is -0.141. The molecule has 0 fully saturated rings. The number of aromatic nitrogens is 1. The number of hydrogen-bond acceptors (Lipinski definition) is 8. The van der Waals surface area contributed by atoms with Gasteiger partial charge in [-0.15, -0.1) is 0 Å². The summed E-state index contributed by atoms with van der Waals surface area (Å²) in [5, 5.41) is 10.6. The molecular weight excluding hydrogens is 354 g/mol. The minimum Gasteiger partial charge on any atom is -0.504 e. The summed E-state index contributed by atoms with van der Waals surface area (Å²) < 4.78 is 21.1. The molecular formula is C19H15NO7. The Morgan fingerprint density at radius 3 is 2.41 bits per heavy atom. The average molecular weight is 369 g/mol. The molecule has 0 bridgehead atoms. The van der Waals surface area contributed by atoms with Gasteiger partial charge in [-0.3, -0.25) is 9.78 Å². The van der Waals surface area contributed by atoms with Crippen LogP contribution >= 0.6 is 0 Å². The van der Waals surface area contributed by atoms with Crippen LogP contribution in [0, 0.1) is 0 Å². The highest BCUT2D eigenvalue weighted by Crippen LogP contribution is 2.38. The quantitative estimate of drug-likeness (QED) is 0.306. The first-order valence-corrected chi connectivity index (χ1v) is 7.74. The van der Waals surface area contributed by atoms with Crippen LogP contribution < -0.4 is 18.9 Å². The van der Waals surface area contributed by atoms with Gasteiger partial charge in [-0.05, 0) is 24.3 Å². The SMILES string of the molecule is COc1cc2nccc(Oc3ccc(OC(=O)C=O)c(O)c3)c2cc1OC. The fourth-order valence-corrected chi connectivity index (χ4v) is 2.44. The third kappa shape index (κ3) is 3.74. The van der Waals surface area contributed by atoms with Gasteiger partial charge >= 0.3 is 5.97 Å². The van der Waals surface area contributed by atoms with Crippen LogP contribution in [0.25, 0.3) is 10.9 Å². The fourth-order valence-electron chi connectivity index (χ4n) is 2.44. The normalized spacial score (nSPS) is 10.3. The van der Waals surface area contributed by atoms with E-state index in [1.807, 2.05) is 0 Å². The number of carbonyl (C=O) groups is 2. The number of hydrogen-bond donors (Lipinski definition) is 1. The second-order valence-corrected chi connectivity index (χ2v) is 5.30. The van der Waals surface area contributed by atoms with Crippen molar-refractivity contribution in [2.45, 2.75) is 0 Å². The van der Waals surface area contributed by atoms with Gasteiger partial charge in [-0.2, -0.15) is 0 Å². The predicted octanol–water partition coefficient (Wildman–Crippen LogP) is 2.85. The van der Waals surface area contributed by atoms with Gasteiger partial charge in [0.15, 0.2) is 23.0 Å². The number of aldehydes is 1. The molecule has 1 heterocycles. The molecule has 0 aliphatic carbocycles. The van der Waals surface area contributed by atoms with Crippen LogP contribution in [0.5, 0.6) is 34.5 Å². The van der Waals surface area contributed by atoms with Crippen LogP contribution in [0.15, 0.2) is 42.6 Å². The van der Waals surface area contributed by atoms with Crippen LogP contribution in [-0.4, -0.2) is 36.6 Å². The van der Waals surface area contributed by atoms with Crippen LogP contribution in [0.3, 0.4) is 0 Å². The monoisotopic (exact) mass is 369 g/mol. The lowest BCUT2D eigenvalue weighted by Crippen LogP contribution is -2.08. The molecule has 0 amide bonds. The molecule has 0 unspecified atom stereocenters. The molecule has 3 aromatic rings. The van der Waals surface area contributed by atoms with Crippen LogP contribution in [0.1, 0.15) is 0 Å². The number of carbonyl (C=O) groups excluding carboxylic acids is 2. The molecule has 8 heteroatoms. The Bertz CT molecular complexity index is 1020. The summed E-state index contributed by atoms with van der Waals surface area (Å²) in [6.45, 7) is 0. The molecule has 0 spiro atoms. The zero-order valence-corrected chi connectivity index (χ0v) is 14.5. The van der Waals surface area contributed by atoms with Crippen molar-refractivity contribution in [3.05, 3.63) is 42.6 Å². The van der Waals surface area contributed by atoms with Gasteiger partial charge in [0, 0.05) is 23.7 Å². The molecule has 138 valence electrons. The van der Waals surface area contributed by atoms with Crippen molar-refractivity contribution >= 4 is 23.2 Å². The molecule has 0 aliphatic rings. The van der Waals surface area contributed by atoms with E-state index in [-0.39, 0.29) is 17.8 Å². The van der Waals surface area contributed by atoms with Gasteiger partial charge < -0.3 is 24.1 Å². The van der Waals surface area contributed by atoms with Crippen molar-refractivity contribution in [3.63, 3.8) is 0 Å². The Kier molecular flexibility index (Phi) is 5.07. The second kappa shape index (κ2) is 7.61. The molecule has 1 N–H and O–H groups in total. The van der Waals surface area contributed by atoms with Crippen LogP contribution in [-0.2, 0) is 9.59 Å². The van der Waals surface area contributed by atoms with E-state index in [2.05, 4.69) is 9.72 Å². The number of methoxy groups -OCH3 is 2. The molecule has 0 atom stereocenters. The van der Waals surface area contributed by atoms with Gasteiger partial charge in [0.05, 0.1) is 19.7 Å². The lowest BCUT2D eigenvalue weighted by Gasteiger charge is -2.13. The molecule has 0 aliphatic heterocycles. The Labute approximate surface area is 153 Å². The summed E-state index contributed by atoms with van der Waals surface area (Å²) in [5.74, 6) is 0.208. The van der Waals surface area contributed by atoms with Crippen LogP contribution in [0.4, 0.5) is 0 Å². The average Bonchev–Trinajstić information content (AvgIpc) is 2.69. The van der Waals surface area contributed by atoms with E-state index in [9.17, 15) is 14.7 Å². The molecule has 2 aromatic carbocycles. The van der Waals surface area contributed by atoms with Crippen molar-refractivity contribution in [1.82, 2.24) is 4.98 Å². The number of aromatic hydroxyl groups is 1. The number of ether oxygens (including phenoxy) is 4. The van der Waals surface area contributed by atoms with Gasteiger partial charge in [0.25, 0.3) is 0 Å². The molecule has 1 aromatic heterocycles. The minimum atomic E-state index is -1.11. The summed E-state index contributed by atoms with van der Waals surface area (Å²) >= 11 is 0. The number of phenolic OH excluding ortho intramolecular Hbond substituents is 1. The largest absolute Gasteiger partial charge is 0.504 e. The minimum absolute atomic E-state index is 0.00855. The summed E-state index contributed by atoms with van der Waals surface area (Å²) in [7, 11) is 3.06. The Balaban J connectivity index is 1.95. The molecule has 8 nitrogen and oxygen atoms in total. The summed E-state index contributed by atoms with van der Waals surface area (Å²) in [6.07, 6.45) is 1.58. The maximum absolute atomic E-state index is 11.0. The number of benzene rings is 2. The van der Waals surface area contributed by atoms with Gasteiger partial charge in [-0.25, -0.2) is 4.79 Å². The number of esters is 1. The highest BCUT2D eigenvalue weighted by molar-refractivity contribution is 6.21. The number of fused-ring (bicyclic) bond motifs is 1. The second-order valence-electron chi connectivity index (χ2n) is 5.30. The molecule has 27 heavy (non-hydrogen) atoms. The third-order valence-electron chi connectivity index (χ3n) is 3.67. The maximum Gasteiger partial charge on any atom is 0.376 e. The van der Waals surface area contributed by atoms with Crippen LogP contribution in [0.2, 0.25) is 0 Å². The van der Waals surface area contributed by atoms with E-state index < -0.39 is 5.97 Å². The zero-order valence-electron chi connectivity index (χ0n) is 14.5. The Morgan fingerprint density at radius 2 is 1.74 bits per heavy atom. The van der Waals surface area contributed by atoms with Crippen molar-refractivity contribution in [2.75, 3.05) is 14.2 Å². The van der Waals surface area contributed by atoms with Crippen molar-refractivity contribution in [2.24, 2.45) is 0 Å². The smallest absolute Gasteiger partial charge is 0.376 e. The molecule has 0 saturated heterocycles. The van der Waals surface area contributed by atoms with Gasteiger partial charge in [0.2, 0.25) is 6.29 Å². The first kappa shape index (κ1) is 18.0. The van der Waals surface area contributed by atoms with Crippen molar-refractivity contribution < 1.29 is 33.6 Å². The van der Waals surface area contributed by atoms with E-state index in [1.54, 1.807) is 24.4 Å². The van der Waals surface area contributed by atoms with Gasteiger partial charge in [-0.1, -0.05) is 0 Å². The Morgan fingerprint density at radius 1 is 1.00 bits per heavy atom. The van der Waals surface area contributed by atoms with E-state index in [4.69, 9.17) is 14.2 Å². The summed E-state index contributed by atoms with van der Waals surface area (Å²) in [5.41, 5.74) is 0.630. The lowest BCUT2D eigenvalue weighted by atomic mass is 10.2. The molecule has 0 radical (unpaired) electrons. The fraction of sp³-hybridized carbons (Fsp3) is 0.105.